The molecule has 0 bridgehead atoms. The van der Waals surface area contributed by atoms with Crippen LogP contribution < -0.4 is 16.0 Å². The number of hydrogen-bond donors (Lipinski definition) is 3. The highest BCUT2D eigenvalue weighted by atomic mass is 16.2. The van der Waals surface area contributed by atoms with E-state index in [9.17, 15) is 9.59 Å². The first-order valence-electron chi connectivity index (χ1n) is 10.1. The van der Waals surface area contributed by atoms with E-state index in [1.807, 2.05) is 54.6 Å². The molecule has 3 N–H and O–H groups in total. The van der Waals surface area contributed by atoms with Gasteiger partial charge in [0.15, 0.2) is 5.96 Å². The second kappa shape index (κ2) is 12.3. The molecule has 7 nitrogen and oxygen atoms in total. The quantitative estimate of drug-likeness (QED) is 0.436. The number of nitrogens with zero attached hydrogens (tertiary/aromatic N) is 2. The summed E-state index contributed by atoms with van der Waals surface area (Å²) in [5.41, 5.74) is 2.83. The Morgan fingerprint density at radius 2 is 1.60 bits per heavy atom. The Morgan fingerprint density at radius 3 is 2.30 bits per heavy atom. The summed E-state index contributed by atoms with van der Waals surface area (Å²) < 4.78 is 0. The molecule has 0 aliphatic heterocycles. The van der Waals surface area contributed by atoms with E-state index in [2.05, 4.69) is 20.9 Å². The molecule has 0 spiro atoms. The Kier molecular flexibility index (Phi) is 9.37. The Bertz CT molecular complexity index is 850. The number of hydrogen-bond acceptors (Lipinski definition) is 3. The van der Waals surface area contributed by atoms with Crippen LogP contribution in [0.5, 0.6) is 0 Å². The predicted molar refractivity (Wildman–Crippen MR) is 120 cm³/mol. The van der Waals surface area contributed by atoms with Gasteiger partial charge >= 0.3 is 0 Å². The Hall–Kier alpha value is -3.35. The van der Waals surface area contributed by atoms with Crippen LogP contribution >= 0.6 is 0 Å². The fourth-order valence-corrected chi connectivity index (χ4v) is 2.84. The summed E-state index contributed by atoms with van der Waals surface area (Å²) in [7, 11) is 5.18. The van der Waals surface area contributed by atoms with Crippen LogP contribution in [0.15, 0.2) is 59.6 Å². The lowest BCUT2D eigenvalue weighted by Crippen LogP contribution is -2.40. The van der Waals surface area contributed by atoms with Crippen molar-refractivity contribution in [2.45, 2.75) is 19.4 Å². The largest absolute Gasteiger partial charge is 0.356 e. The van der Waals surface area contributed by atoms with Gasteiger partial charge in [-0.2, -0.15) is 0 Å². The number of carbonyl (C=O) groups is 2. The van der Waals surface area contributed by atoms with Gasteiger partial charge in [-0.1, -0.05) is 42.5 Å². The van der Waals surface area contributed by atoms with Crippen molar-refractivity contribution in [3.63, 3.8) is 0 Å². The standard InChI is InChI=1S/C23H31N5O2/c1-24-23(26-15-13-21(29)27-17-19-8-5-4-6-9-19)25-14-12-18-10-7-11-20(16-18)22(30)28(2)3/h4-11,16H,12-15,17H2,1-3H3,(H,27,29)(H2,24,25,26). The van der Waals surface area contributed by atoms with E-state index >= 15 is 0 Å². The van der Waals surface area contributed by atoms with Gasteiger partial charge in [-0.05, 0) is 29.7 Å². The van der Waals surface area contributed by atoms with E-state index < -0.39 is 0 Å². The highest BCUT2D eigenvalue weighted by Crippen LogP contribution is 2.07. The predicted octanol–water partition coefficient (Wildman–Crippen LogP) is 1.80. The van der Waals surface area contributed by atoms with E-state index in [1.54, 1.807) is 26.0 Å². The number of rotatable bonds is 9. The molecule has 0 saturated heterocycles. The number of nitrogens with one attached hydrogen (secondary N) is 3. The second-order valence-corrected chi connectivity index (χ2v) is 7.09. The molecule has 0 saturated carbocycles. The van der Waals surface area contributed by atoms with Crippen molar-refractivity contribution >= 4 is 17.8 Å². The smallest absolute Gasteiger partial charge is 0.253 e. The van der Waals surface area contributed by atoms with Crippen molar-refractivity contribution in [3.05, 3.63) is 71.3 Å². The Labute approximate surface area is 178 Å². The zero-order valence-corrected chi connectivity index (χ0v) is 17.9. The lowest BCUT2D eigenvalue weighted by atomic mass is 10.1. The second-order valence-electron chi connectivity index (χ2n) is 7.09. The van der Waals surface area contributed by atoms with Crippen molar-refractivity contribution < 1.29 is 9.59 Å². The summed E-state index contributed by atoms with van der Waals surface area (Å²) in [6.07, 6.45) is 1.12. The summed E-state index contributed by atoms with van der Waals surface area (Å²) in [5.74, 6) is 0.628. The van der Waals surface area contributed by atoms with E-state index in [0.29, 0.717) is 37.6 Å². The van der Waals surface area contributed by atoms with Crippen molar-refractivity contribution in [2.24, 2.45) is 4.99 Å². The first-order chi connectivity index (χ1) is 14.5. The number of guanidine groups is 1. The third kappa shape index (κ3) is 7.95. The zero-order valence-electron chi connectivity index (χ0n) is 17.9. The van der Waals surface area contributed by atoms with Crippen LogP contribution in [0.2, 0.25) is 0 Å². The number of benzene rings is 2. The fraction of sp³-hybridized carbons (Fsp3) is 0.348. The molecule has 0 aliphatic carbocycles. The van der Waals surface area contributed by atoms with E-state index in [1.165, 1.54) is 0 Å². The highest BCUT2D eigenvalue weighted by molar-refractivity contribution is 5.94. The summed E-state index contributed by atoms with van der Waals surface area (Å²) >= 11 is 0. The minimum Gasteiger partial charge on any atom is -0.356 e. The number of aliphatic imine (C=N–C) groups is 1. The van der Waals surface area contributed by atoms with E-state index in [-0.39, 0.29) is 11.8 Å². The molecule has 0 radical (unpaired) electrons. The monoisotopic (exact) mass is 409 g/mol. The van der Waals surface area contributed by atoms with Gasteiger partial charge in [-0.3, -0.25) is 14.6 Å². The summed E-state index contributed by atoms with van der Waals surface area (Å²) in [6, 6.07) is 17.5. The average molecular weight is 410 g/mol. The maximum Gasteiger partial charge on any atom is 0.253 e. The molecule has 2 rings (SSSR count). The molecule has 30 heavy (non-hydrogen) atoms. The van der Waals surface area contributed by atoms with Crippen molar-refractivity contribution in [1.29, 1.82) is 0 Å². The molecular formula is C23H31N5O2. The normalized spacial score (nSPS) is 11.0. The summed E-state index contributed by atoms with van der Waals surface area (Å²) in [4.78, 5) is 29.8. The molecule has 2 aromatic carbocycles. The van der Waals surface area contributed by atoms with Gasteiger partial charge in [0.2, 0.25) is 5.91 Å². The maximum atomic E-state index is 12.1. The average Bonchev–Trinajstić information content (AvgIpc) is 2.77. The van der Waals surface area contributed by atoms with Gasteiger partial charge in [0.05, 0.1) is 0 Å². The first-order valence-corrected chi connectivity index (χ1v) is 10.1. The van der Waals surface area contributed by atoms with Crippen LogP contribution in [0.25, 0.3) is 0 Å². The van der Waals surface area contributed by atoms with Crippen LogP contribution in [0.1, 0.15) is 27.9 Å². The molecular weight excluding hydrogens is 378 g/mol. The molecule has 0 atom stereocenters. The minimum atomic E-state index is -0.0100. The van der Waals surface area contributed by atoms with E-state index in [4.69, 9.17) is 0 Å². The molecule has 160 valence electrons. The third-order valence-corrected chi connectivity index (χ3v) is 4.49. The Morgan fingerprint density at radius 1 is 0.900 bits per heavy atom. The topological polar surface area (TPSA) is 85.8 Å². The minimum absolute atomic E-state index is 0.00664. The summed E-state index contributed by atoms with van der Waals surface area (Å²) in [5, 5.41) is 9.29. The lowest BCUT2D eigenvalue weighted by Gasteiger charge is -2.13. The molecule has 0 fully saturated rings. The molecule has 2 aromatic rings. The van der Waals surface area contributed by atoms with Crippen LogP contribution in [-0.2, 0) is 17.8 Å². The van der Waals surface area contributed by atoms with Crippen LogP contribution in [0.4, 0.5) is 0 Å². The van der Waals surface area contributed by atoms with Gasteiger partial charge in [0.1, 0.15) is 0 Å². The van der Waals surface area contributed by atoms with E-state index in [0.717, 1.165) is 17.5 Å². The zero-order chi connectivity index (χ0) is 21.8. The number of amides is 2. The van der Waals surface area contributed by atoms with Crippen molar-refractivity contribution in [3.8, 4) is 0 Å². The molecule has 0 aromatic heterocycles. The summed E-state index contributed by atoms with van der Waals surface area (Å²) in [6.45, 7) is 1.69. The van der Waals surface area contributed by atoms with Gasteiger partial charge in [0.25, 0.3) is 5.91 Å². The number of carbonyl (C=O) groups excluding carboxylic acids is 2. The van der Waals surface area contributed by atoms with Gasteiger partial charge in [-0.25, -0.2) is 0 Å². The molecule has 7 heteroatoms. The van der Waals surface area contributed by atoms with Crippen LogP contribution in [-0.4, -0.2) is 56.9 Å². The van der Waals surface area contributed by atoms with Gasteiger partial charge in [0, 0.05) is 52.8 Å². The molecule has 0 heterocycles. The molecule has 0 aliphatic rings. The fourth-order valence-electron chi connectivity index (χ4n) is 2.84. The van der Waals surface area contributed by atoms with Gasteiger partial charge < -0.3 is 20.9 Å². The molecule has 0 unspecified atom stereocenters. The Balaban J connectivity index is 1.68. The first kappa shape index (κ1) is 22.9. The van der Waals surface area contributed by atoms with Crippen LogP contribution in [0, 0.1) is 0 Å². The van der Waals surface area contributed by atoms with Gasteiger partial charge in [-0.15, -0.1) is 0 Å². The lowest BCUT2D eigenvalue weighted by molar-refractivity contribution is -0.121. The van der Waals surface area contributed by atoms with Crippen LogP contribution in [0.3, 0.4) is 0 Å². The van der Waals surface area contributed by atoms with Crippen molar-refractivity contribution in [1.82, 2.24) is 20.9 Å². The molecule has 2 amide bonds. The third-order valence-electron chi connectivity index (χ3n) is 4.49. The van der Waals surface area contributed by atoms with Crippen molar-refractivity contribution in [2.75, 3.05) is 34.2 Å². The highest BCUT2D eigenvalue weighted by Gasteiger charge is 2.08. The maximum absolute atomic E-state index is 12.1. The SMILES string of the molecule is CN=C(NCCC(=O)NCc1ccccc1)NCCc1cccc(C(=O)N(C)C)c1.